The number of nitrogens with zero attached hydrogens (tertiary/aromatic N) is 2. The second-order valence-corrected chi connectivity index (χ2v) is 4.71. The highest BCUT2D eigenvalue weighted by Gasteiger charge is 2.22. The van der Waals surface area contributed by atoms with Crippen molar-refractivity contribution in [3.63, 3.8) is 0 Å². The number of hydrogen-bond acceptors (Lipinski definition) is 4. The van der Waals surface area contributed by atoms with Crippen molar-refractivity contribution in [3.05, 3.63) is 16.5 Å². The number of anilines is 1. The molecule has 1 aromatic rings. The summed E-state index contributed by atoms with van der Waals surface area (Å²) >= 11 is 3.56. The van der Waals surface area contributed by atoms with E-state index in [1.165, 1.54) is 4.48 Å². The lowest BCUT2D eigenvalue weighted by molar-refractivity contribution is 0.111. The molecule has 1 aromatic heterocycles. The maximum atomic E-state index is 4.75. The Balaban J connectivity index is 2.30. The van der Waals surface area contributed by atoms with Crippen molar-refractivity contribution in [1.82, 2.24) is 15.1 Å². The summed E-state index contributed by atoms with van der Waals surface area (Å²) in [6, 6.07) is 0. The lowest BCUT2D eigenvalue weighted by Gasteiger charge is -2.21. The van der Waals surface area contributed by atoms with Crippen LogP contribution < -0.4 is 11.0 Å². The number of hydrazine groups is 1. The van der Waals surface area contributed by atoms with Crippen LogP contribution in [0.5, 0.6) is 0 Å². The van der Waals surface area contributed by atoms with E-state index >= 15 is 0 Å². The van der Waals surface area contributed by atoms with Crippen molar-refractivity contribution in [2.24, 2.45) is 0 Å². The average Bonchev–Trinajstić information content (AvgIpc) is 2.68. The molecule has 1 aliphatic heterocycles. The van der Waals surface area contributed by atoms with Crippen molar-refractivity contribution < 1.29 is 4.84 Å². The first-order chi connectivity index (χ1) is 7.76. The number of aromatic nitrogens is 2. The molecule has 0 aliphatic carbocycles. The topological polar surface area (TPSA) is 51.1 Å². The smallest absolute Gasteiger partial charge is 0.146 e. The highest BCUT2D eigenvalue weighted by atomic mass is 79.9. The van der Waals surface area contributed by atoms with Crippen LogP contribution in [-0.4, -0.2) is 16.7 Å². The van der Waals surface area contributed by atoms with Crippen LogP contribution in [0.3, 0.4) is 0 Å². The van der Waals surface area contributed by atoms with Gasteiger partial charge in [0.25, 0.3) is 0 Å². The van der Waals surface area contributed by atoms with Gasteiger partial charge in [-0.1, -0.05) is 22.9 Å². The van der Waals surface area contributed by atoms with Crippen LogP contribution in [0.2, 0.25) is 0 Å². The van der Waals surface area contributed by atoms with E-state index in [-0.39, 0.29) is 0 Å². The van der Waals surface area contributed by atoms with Gasteiger partial charge in [-0.25, -0.2) is 4.98 Å². The number of halogens is 1. The fourth-order valence-electron chi connectivity index (χ4n) is 1.86. The predicted molar refractivity (Wildman–Crippen MR) is 66.8 cm³/mol. The molecule has 0 spiro atoms. The van der Waals surface area contributed by atoms with E-state index in [1.54, 1.807) is 13.3 Å². The monoisotopic (exact) mass is 286 g/mol. The number of allylic oxidation sites excluding steroid dienone is 1. The van der Waals surface area contributed by atoms with E-state index in [9.17, 15) is 0 Å². The van der Waals surface area contributed by atoms with Gasteiger partial charge in [0.05, 0.1) is 13.3 Å². The van der Waals surface area contributed by atoms with Crippen molar-refractivity contribution in [2.75, 3.05) is 12.5 Å². The molecule has 5 nitrogen and oxygen atoms in total. The van der Waals surface area contributed by atoms with Gasteiger partial charge >= 0.3 is 0 Å². The molecule has 0 saturated carbocycles. The van der Waals surface area contributed by atoms with E-state index in [4.69, 9.17) is 4.84 Å². The molecule has 2 rings (SSSR count). The molecular formula is C10H15BrN4O. The van der Waals surface area contributed by atoms with E-state index in [1.807, 2.05) is 10.8 Å². The largest absolute Gasteiger partial charge is 0.288 e. The number of nitrogens with one attached hydrogen (secondary N) is 2. The van der Waals surface area contributed by atoms with Gasteiger partial charge in [0.2, 0.25) is 0 Å². The van der Waals surface area contributed by atoms with Gasteiger partial charge in [-0.3, -0.25) is 14.8 Å². The third-order valence-corrected chi connectivity index (χ3v) is 3.20. The summed E-state index contributed by atoms with van der Waals surface area (Å²) in [5.41, 5.74) is 5.52. The van der Waals surface area contributed by atoms with Crippen molar-refractivity contribution >= 4 is 27.9 Å². The zero-order chi connectivity index (χ0) is 11.5. The molecule has 0 radical (unpaired) electrons. The van der Waals surface area contributed by atoms with Gasteiger partial charge in [-0.15, -0.1) is 5.59 Å². The number of rotatable bonds is 4. The normalized spacial score (nSPS) is 19.2. The zero-order valence-corrected chi connectivity index (χ0v) is 10.9. The molecule has 1 atom stereocenters. The van der Waals surface area contributed by atoms with Crippen LogP contribution in [-0.2, 0) is 4.84 Å². The quantitative estimate of drug-likeness (QED) is 0.835. The Labute approximate surface area is 103 Å². The fraction of sp³-hybridized carbons (Fsp3) is 0.500. The third-order valence-electron chi connectivity index (χ3n) is 2.68. The molecule has 2 N–H and O–H groups in total. The maximum absolute atomic E-state index is 4.75. The van der Waals surface area contributed by atoms with Crippen LogP contribution >= 0.6 is 15.9 Å². The minimum atomic E-state index is 0.470. The van der Waals surface area contributed by atoms with Crippen LogP contribution in [0.1, 0.15) is 31.5 Å². The molecule has 1 unspecified atom stereocenters. The fourth-order valence-corrected chi connectivity index (χ4v) is 2.45. The molecular weight excluding hydrogens is 272 g/mol. The Hall–Kier alpha value is -0.850. The van der Waals surface area contributed by atoms with E-state index in [0.717, 1.165) is 24.5 Å². The van der Waals surface area contributed by atoms with Crippen LogP contribution in [0.25, 0.3) is 6.20 Å². The molecule has 16 heavy (non-hydrogen) atoms. The molecule has 1 aliphatic rings. The Kier molecular flexibility index (Phi) is 3.63. The summed E-state index contributed by atoms with van der Waals surface area (Å²) in [5.74, 6) is 2.43. The van der Waals surface area contributed by atoms with E-state index in [0.29, 0.717) is 5.92 Å². The third kappa shape index (κ3) is 2.14. The number of fused-ring (bicyclic) bond motifs is 1. The SMILES string of the molecule is CCC1CC(Br)=Cn2c(NNOC)cnc21. The van der Waals surface area contributed by atoms with Gasteiger partial charge in [0, 0.05) is 16.6 Å². The van der Waals surface area contributed by atoms with Gasteiger partial charge in [-0.2, -0.15) is 0 Å². The maximum Gasteiger partial charge on any atom is 0.146 e. The van der Waals surface area contributed by atoms with Gasteiger partial charge < -0.3 is 0 Å². The zero-order valence-electron chi connectivity index (χ0n) is 9.33. The molecule has 0 aromatic carbocycles. The molecule has 0 bridgehead atoms. The second kappa shape index (κ2) is 4.99. The minimum absolute atomic E-state index is 0.470. The number of imidazole rings is 1. The summed E-state index contributed by atoms with van der Waals surface area (Å²) in [6.45, 7) is 2.18. The molecule has 0 fully saturated rings. The summed E-state index contributed by atoms with van der Waals surface area (Å²) in [6.07, 6.45) is 5.93. The number of hydrogen-bond donors (Lipinski definition) is 2. The van der Waals surface area contributed by atoms with Crippen molar-refractivity contribution in [1.29, 1.82) is 0 Å². The first-order valence-corrected chi connectivity index (χ1v) is 6.02. The Morgan fingerprint density at radius 1 is 1.69 bits per heavy atom. The summed E-state index contributed by atoms with van der Waals surface area (Å²) in [5, 5.41) is 0. The highest BCUT2D eigenvalue weighted by molar-refractivity contribution is 9.11. The first kappa shape index (κ1) is 11.6. The standard InChI is InChI=1S/C10H15BrN4O/c1-3-7-4-8(11)6-15-9(13-14-16-2)5-12-10(7)15/h5-7,13-14H,3-4H2,1-2H3. The summed E-state index contributed by atoms with van der Waals surface area (Å²) in [7, 11) is 1.56. The first-order valence-electron chi connectivity index (χ1n) is 5.23. The average molecular weight is 287 g/mol. The second-order valence-electron chi connectivity index (χ2n) is 3.69. The van der Waals surface area contributed by atoms with Gasteiger partial charge in [0.15, 0.2) is 0 Å². The van der Waals surface area contributed by atoms with Crippen molar-refractivity contribution in [3.8, 4) is 0 Å². The highest BCUT2D eigenvalue weighted by Crippen LogP contribution is 2.35. The van der Waals surface area contributed by atoms with Gasteiger partial charge in [-0.05, 0) is 12.8 Å². The lowest BCUT2D eigenvalue weighted by atomic mass is 10.00. The Morgan fingerprint density at radius 2 is 2.50 bits per heavy atom. The molecule has 0 amide bonds. The predicted octanol–water partition coefficient (Wildman–Crippen LogP) is 2.45. The lowest BCUT2D eigenvalue weighted by Crippen LogP contribution is -2.22. The Morgan fingerprint density at radius 3 is 3.19 bits per heavy atom. The minimum Gasteiger partial charge on any atom is -0.288 e. The molecule has 2 heterocycles. The summed E-state index contributed by atoms with van der Waals surface area (Å²) in [4.78, 5) is 9.19. The molecule has 88 valence electrons. The molecule has 0 saturated heterocycles. The van der Waals surface area contributed by atoms with Crippen molar-refractivity contribution in [2.45, 2.75) is 25.7 Å². The van der Waals surface area contributed by atoms with Crippen LogP contribution in [0, 0.1) is 0 Å². The van der Waals surface area contributed by atoms with Gasteiger partial charge in [0.1, 0.15) is 11.6 Å². The summed E-state index contributed by atoms with van der Waals surface area (Å²) < 4.78 is 3.22. The molecule has 6 heteroatoms. The van der Waals surface area contributed by atoms with E-state index in [2.05, 4.69) is 38.9 Å². The van der Waals surface area contributed by atoms with Crippen LogP contribution in [0.4, 0.5) is 5.82 Å². The van der Waals surface area contributed by atoms with Crippen LogP contribution in [0.15, 0.2) is 10.7 Å². The Bertz CT molecular complexity index is 402. The van der Waals surface area contributed by atoms with E-state index < -0.39 is 0 Å².